The molecule has 3 nitrogen and oxygen atoms in total. The zero-order valence-corrected chi connectivity index (χ0v) is 16.7. The Morgan fingerprint density at radius 2 is 1.52 bits per heavy atom. The number of rotatable bonds is 11. The molecule has 1 amide bonds. The second-order valence-electron chi connectivity index (χ2n) is 7.31. The molecule has 27 heavy (non-hydrogen) atoms. The lowest BCUT2D eigenvalue weighted by Gasteiger charge is -2.17. The summed E-state index contributed by atoms with van der Waals surface area (Å²) in [5.41, 5.74) is 2.68. The highest BCUT2D eigenvalue weighted by Crippen LogP contribution is 2.28. The predicted molar refractivity (Wildman–Crippen MR) is 114 cm³/mol. The van der Waals surface area contributed by atoms with Gasteiger partial charge in [-0.3, -0.25) is 4.79 Å². The van der Waals surface area contributed by atoms with Crippen LogP contribution in [0.1, 0.15) is 87.1 Å². The van der Waals surface area contributed by atoms with Crippen LogP contribution in [0.25, 0.3) is 0 Å². The van der Waals surface area contributed by atoms with E-state index in [-0.39, 0.29) is 11.7 Å². The van der Waals surface area contributed by atoms with Crippen LogP contribution in [0.3, 0.4) is 0 Å². The molecular weight excluding hydrogens is 334 g/mol. The first-order valence-electron chi connectivity index (χ1n) is 10.3. The summed E-state index contributed by atoms with van der Waals surface area (Å²) in [4.78, 5) is 12.4. The van der Waals surface area contributed by atoms with Crippen LogP contribution in [-0.2, 0) is 0 Å². The Hall–Kier alpha value is -2.29. The summed E-state index contributed by atoms with van der Waals surface area (Å²) >= 11 is 0. The van der Waals surface area contributed by atoms with Crippen molar-refractivity contribution in [2.75, 3.05) is 5.32 Å². The Balaban J connectivity index is 1.94. The van der Waals surface area contributed by atoms with Gasteiger partial charge in [0.2, 0.25) is 0 Å². The minimum atomic E-state index is -0.126. The molecule has 0 aliphatic rings. The highest BCUT2D eigenvalue weighted by Gasteiger charge is 2.12. The minimum Gasteiger partial charge on any atom is -0.508 e. The average molecular weight is 368 g/mol. The molecule has 1 atom stereocenters. The molecular formula is C24H33NO2. The van der Waals surface area contributed by atoms with E-state index >= 15 is 0 Å². The average Bonchev–Trinajstić information content (AvgIpc) is 2.69. The van der Waals surface area contributed by atoms with Gasteiger partial charge < -0.3 is 10.4 Å². The maximum absolute atomic E-state index is 12.4. The Morgan fingerprint density at radius 3 is 2.15 bits per heavy atom. The zero-order chi connectivity index (χ0) is 19.5. The number of amides is 1. The van der Waals surface area contributed by atoms with Crippen molar-refractivity contribution in [1.82, 2.24) is 0 Å². The van der Waals surface area contributed by atoms with Gasteiger partial charge >= 0.3 is 0 Å². The van der Waals surface area contributed by atoms with E-state index < -0.39 is 0 Å². The Labute approximate surface area is 163 Å². The van der Waals surface area contributed by atoms with Gasteiger partial charge in [0.25, 0.3) is 5.91 Å². The normalized spacial score (nSPS) is 11.9. The Morgan fingerprint density at radius 1 is 0.852 bits per heavy atom. The van der Waals surface area contributed by atoms with E-state index in [2.05, 4.69) is 31.3 Å². The topological polar surface area (TPSA) is 49.3 Å². The minimum absolute atomic E-state index is 0.126. The molecule has 2 N–H and O–H groups in total. The van der Waals surface area contributed by atoms with Crippen LogP contribution >= 0.6 is 0 Å². The number of hydrogen-bond acceptors (Lipinski definition) is 2. The van der Waals surface area contributed by atoms with Gasteiger partial charge in [-0.2, -0.15) is 0 Å². The van der Waals surface area contributed by atoms with Gasteiger partial charge in [-0.15, -0.1) is 0 Å². The summed E-state index contributed by atoms with van der Waals surface area (Å²) in [6.07, 6.45) is 10.2. The molecule has 0 radical (unpaired) electrons. The van der Waals surface area contributed by atoms with Gasteiger partial charge in [-0.05, 0) is 60.7 Å². The summed E-state index contributed by atoms with van der Waals surface area (Å²) < 4.78 is 0. The number of anilines is 1. The third kappa shape index (κ3) is 7.09. The third-order valence-corrected chi connectivity index (χ3v) is 5.06. The summed E-state index contributed by atoms with van der Waals surface area (Å²) in [5.74, 6) is 0.652. The first-order chi connectivity index (χ1) is 13.1. The maximum atomic E-state index is 12.4. The predicted octanol–water partition coefficient (Wildman–Crippen LogP) is 6.89. The van der Waals surface area contributed by atoms with E-state index in [1.54, 1.807) is 24.3 Å². The largest absolute Gasteiger partial charge is 0.508 e. The fourth-order valence-corrected chi connectivity index (χ4v) is 3.48. The van der Waals surface area contributed by atoms with E-state index in [1.807, 2.05) is 12.1 Å². The lowest BCUT2D eigenvalue weighted by molar-refractivity contribution is 0.102. The molecule has 0 heterocycles. The van der Waals surface area contributed by atoms with Crippen molar-refractivity contribution >= 4 is 11.6 Å². The van der Waals surface area contributed by atoms with Crippen molar-refractivity contribution in [3.63, 3.8) is 0 Å². The first kappa shape index (κ1) is 21.0. The molecule has 0 bridgehead atoms. The van der Waals surface area contributed by atoms with Crippen molar-refractivity contribution in [2.24, 2.45) is 0 Å². The monoisotopic (exact) mass is 367 g/mol. The van der Waals surface area contributed by atoms with E-state index in [1.165, 1.54) is 56.9 Å². The van der Waals surface area contributed by atoms with Crippen LogP contribution in [0, 0.1) is 0 Å². The number of unbranched alkanes of at least 4 members (excludes halogenated alkanes) is 4. The van der Waals surface area contributed by atoms with Gasteiger partial charge in [0.15, 0.2) is 0 Å². The number of aromatic hydroxyl groups is 1. The summed E-state index contributed by atoms with van der Waals surface area (Å²) in [6.45, 7) is 4.49. The number of benzene rings is 2. The second kappa shape index (κ2) is 11.4. The standard InChI is InChI=1S/C24H33NO2/c1-3-5-6-7-8-10-19(9-4-2)20-11-13-21(14-12-20)24(27)25-22-15-17-23(26)18-16-22/h11-19,26H,3-10H2,1-2H3,(H,25,27). The SMILES string of the molecule is CCCCCCCC(CCC)c1ccc(C(=O)Nc2ccc(O)cc2)cc1. The molecule has 2 rings (SSSR count). The van der Waals surface area contributed by atoms with E-state index in [0.717, 1.165) is 0 Å². The number of nitrogens with one attached hydrogen (secondary N) is 1. The van der Waals surface area contributed by atoms with E-state index in [4.69, 9.17) is 0 Å². The number of carbonyl (C=O) groups is 1. The molecule has 0 aromatic heterocycles. The van der Waals surface area contributed by atoms with Crippen molar-refractivity contribution in [1.29, 1.82) is 0 Å². The first-order valence-corrected chi connectivity index (χ1v) is 10.3. The van der Waals surface area contributed by atoms with Crippen molar-refractivity contribution in [3.8, 4) is 5.75 Å². The fraction of sp³-hybridized carbons (Fsp3) is 0.458. The van der Waals surface area contributed by atoms with Crippen LogP contribution < -0.4 is 5.32 Å². The van der Waals surface area contributed by atoms with Crippen molar-refractivity contribution in [3.05, 3.63) is 59.7 Å². The van der Waals surface area contributed by atoms with Gasteiger partial charge in [0.05, 0.1) is 0 Å². The zero-order valence-electron chi connectivity index (χ0n) is 16.7. The summed E-state index contributed by atoms with van der Waals surface area (Å²) in [5, 5.41) is 12.2. The van der Waals surface area contributed by atoms with Crippen molar-refractivity contribution in [2.45, 2.75) is 71.1 Å². The highest BCUT2D eigenvalue weighted by molar-refractivity contribution is 6.04. The van der Waals surface area contributed by atoms with Crippen LogP contribution in [0.2, 0.25) is 0 Å². The van der Waals surface area contributed by atoms with E-state index in [9.17, 15) is 9.90 Å². The number of phenols is 1. The molecule has 0 saturated carbocycles. The number of carbonyl (C=O) groups excluding carboxylic acids is 1. The molecule has 146 valence electrons. The Bertz CT molecular complexity index is 677. The second-order valence-corrected chi connectivity index (χ2v) is 7.31. The lowest BCUT2D eigenvalue weighted by Crippen LogP contribution is -2.12. The summed E-state index contributed by atoms with van der Waals surface area (Å²) in [6, 6.07) is 14.6. The molecule has 2 aromatic carbocycles. The molecule has 0 aliphatic heterocycles. The van der Waals surface area contributed by atoms with Gasteiger partial charge in [-0.25, -0.2) is 0 Å². The smallest absolute Gasteiger partial charge is 0.255 e. The van der Waals surface area contributed by atoms with E-state index in [0.29, 0.717) is 17.2 Å². The molecule has 0 spiro atoms. The maximum Gasteiger partial charge on any atom is 0.255 e. The molecule has 2 aromatic rings. The van der Waals surface area contributed by atoms with Gasteiger partial charge in [-0.1, -0.05) is 64.5 Å². The van der Waals surface area contributed by atoms with Gasteiger partial charge in [0, 0.05) is 11.3 Å². The lowest BCUT2D eigenvalue weighted by atomic mass is 9.89. The molecule has 1 unspecified atom stereocenters. The van der Waals surface area contributed by atoms with Crippen molar-refractivity contribution < 1.29 is 9.90 Å². The third-order valence-electron chi connectivity index (χ3n) is 5.06. The Kier molecular flexibility index (Phi) is 8.90. The fourth-order valence-electron chi connectivity index (χ4n) is 3.48. The quantitative estimate of drug-likeness (QED) is 0.335. The molecule has 3 heteroatoms. The van der Waals surface area contributed by atoms with Crippen LogP contribution in [0.5, 0.6) is 5.75 Å². The van der Waals surface area contributed by atoms with Gasteiger partial charge in [0.1, 0.15) is 5.75 Å². The van der Waals surface area contributed by atoms with Crippen LogP contribution in [0.15, 0.2) is 48.5 Å². The number of phenolic OH excluding ortho intramolecular Hbond substituents is 1. The highest BCUT2D eigenvalue weighted by atomic mass is 16.3. The molecule has 0 aliphatic carbocycles. The number of hydrogen-bond donors (Lipinski definition) is 2. The molecule has 0 saturated heterocycles. The summed E-state index contributed by atoms with van der Waals surface area (Å²) in [7, 11) is 0. The van der Waals surface area contributed by atoms with Crippen LogP contribution in [-0.4, -0.2) is 11.0 Å². The molecule has 0 fully saturated rings. The van der Waals surface area contributed by atoms with Crippen LogP contribution in [0.4, 0.5) is 5.69 Å².